The normalized spacial score (nSPS) is 20.7. The molecule has 1 aliphatic heterocycles. The fourth-order valence-electron chi connectivity index (χ4n) is 4.34. The molecule has 5 nitrogen and oxygen atoms in total. The van der Waals surface area contributed by atoms with Crippen LogP contribution in [0.1, 0.15) is 41.0 Å². The quantitative estimate of drug-likeness (QED) is 0.670. The first-order valence-corrected chi connectivity index (χ1v) is 12.6. The van der Waals surface area contributed by atoms with Gasteiger partial charge in [-0.15, -0.1) is 0 Å². The Bertz CT molecular complexity index is 865. The van der Waals surface area contributed by atoms with E-state index >= 15 is 0 Å². The van der Waals surface area contributed by atoms with Crippen LogP contribution in [0.5, 0.6) is 0 Å². The lowest BCUT2D eigenvalue weighted by Gasteiger charge is -2.45. The number of ether oxygens (including phenoxy) is 2. The molecule has 2 aromatic rings. The minimum atomic E-state index is -2.84. The lowest BCUT2D eigenvalue weighted by molar-refractivity contribution is -0.175. The third kappa shape index (κ3) is 4.76. The van der Waals surface area contributed by atoms with Crippen molar-refractivity contribution < 1.29 is 19.0 Å². The van der Waals surface area contributed by atoms with E-state index in [4.69, 9.17) is 13.9 Å². The second kappa shape index (κ2) is 8.85. The van der Waals surface area contributed by atoms with Crippen LogP contribution in [0.25, 0.3) is 0 Å². The Labute approximate surface area is 186 Å². The zero-order valence-corrected chi connectivity index (χ0v) is 20.1. The summed E-state index contributed by atoms with van der Waals surface area (Å²) in [4.78, 5) is 0. The third-order valence-electron chi connectivity index (χ3n) is 5.95. The number of benzene rings is 2. The molecule has 3 rings (SSSR count). The summed E-state index contributed by atoms with van der Waals surface area (Å²) in [7, 11) is -2.84. The molecule has 0 bridgehead atoms. The first-order chi connectivity index (χ1) is 14.5. The maximum Gasteiger partial charge on any atom is 0.261 e. The van der Waals surface area contributed by atoms with E-state index in [2.05, 4.69) is 51.1 Å². The van der Waals surface area contributed by atoms with Gasteiger partial charge in [0.25, 0.3) is 8.32 Å². The Morgan fingerprint density at radius 3 is 1.97 bits per heavy atom. The van der Waals surface area contributed by atoms with Gasteiger partial charge < -0.3 is 19.0 Å². The van der Waals surface area contributed by atoms with Crippen LogP contribution in [0.4, 0.5) is 0 Å². The standard InChI is InChI=1S/C25H33NO4Si/c1-23(2,3)31(20-12-8-6-9-13-20,21-14-10-7-11-15-21)29-19-25(27,16-17-26)22-18-28-24(4,5)30-22/h6-15,22,27H,16,18-19H2,1-5H3/t22-,25-/m0/s1. The van der Waals surface area contributed by atoms with Gasteiger partial charge in [0.15, 0.2) is 5.79 Å². The Morgan fingerprint density at radius 2 is 1.58 bits per heavy atom. The maximum atomic E-state index is 11.5. The minimum Gasteiger partial charge on any atom is -0.404 e. The zero-order valence-electron chi connectivity index (χ0n) is 19.1. The highest BCUT2D eigenvalue weighted by molar-refractivity contribution is 6.99. The summed E-state index contributed by atoms with van der Waals surface area (Å²) in [5.74, 6) is -0.800. The van der Waals surface area contributed by atoms with Crippen molar-refractivity contribution in [2.45, 2.75) is 63.6 Å². The summed E-state index contributed by atoms with van der Waals surface area (Å²) in [5, 5.41) is 23.0. The van der Waals surface area contributed by atoms with E-state index < -0.39 is 25.8 Å². The maximum absolute atomic E-state index is 11.5. The molecule has 0 amide bonds. The fourth-order valence-corrected chi connectivity index (χ4v) is 8.96. The molecule has 0 aliphatic carbocycles. The van der Waals surface area contributed by atoms with Crippen LogP contribution < -0.4 is 10.4 Å². The summed E-state index contributed by atoms with van der Waals surface area (Å²) in [6.45, 7) is 10.4. The van der Waals surface area contributed by atoms with Gasteiger partial charge in [-0.3, -0.25) is 0 Å². The molecule has 2 aromatic carbocycles. The monoisotopic (exact) mass is 439 g/mol. The van der Waals surface area contributed by atoms with Gasteiger partial charge in [-0.05, 0) is 29.3 Å². The number of nitrogens with zero attached hydrogens (tertiary/aromatic N) is 1. The van der Waals surface area contributed by atoms with Crippen LogP contribution in [0.15, 0.2) is 60.7 Å². The molecule has 1 fully saturated rings. The van der Waals surface area contributed by atoms with Crippen LogP contribution >= 0.6 is 0 Å². The predicted octanol–water partition coefficient (Wildman–Crippen LogP) is 3.36. The molecule has 1 aliphatic rings. The van der Waals surface area contributed by atoms with Gasteiger partial charge in [0.1, 0.15) is 11.7 Å². The van der Waals surface area contributed by atoms with Crippen molar-refractivity contribution in [2.24, 2.45) is 0 Å². The van der Waals surface area contributed by atoms with E-state index in [-0.39, 0.29) is 24.7 Å². The second-order valence-corrected chi connectivity index (χ2v) is 14.0. The highest BCUT2D eigenvalue weighted by Crippen LogP contribution is 2.38. The smallest absolute Gasteiger partial charge is 0.261 e. The molecule has 6 heteroatoms. The molecule has 0 radical (unpaired) electrons. The summed E-state index contributed by atoms with van der Waals surface area (Å²) in [5.41, 5.74) is -1.48. The summed E-state index contributed by atoms with van der Waals surface area (Å²) >= 11 is 0. The number of aliphatic hydroxyl groups is 1. The Balaban J connectivity index is 2.05. The third-order valence-corrected chi connectivity index (χ3v) is 10.9. The largest absolute Gasteiger partial charge is 0.404 e. The molecule has 0 saturated carbocycles. The topological polar surface area (TPSA) is 71.7 Å². The summed E-state index contributed by atoms with van der Waals surface area (Å²) < 4.78 is 18.5. The van der Waals surface area contributed by atoms with Crippen molar-refractivity contribution >= 4 is 18.7 Å². The van der Waals surface area contributed by atoms with Crippen molar-refractivity contribution in [2.75, 3.05) is 13.2 Å². The molecule has 2 atom stereocenters. The van der Waals surface area contributed by atoms with Gasteiger partial charge in [0.05, 0.1) is 25.7 Å². The molecule has 1 saturated heterocycles. The summed E-state index contributed by atoms with van der Waals surface area (Å²) in [6, 6.07) is 22.6. The zero-order chi connectivity index (χ0) is 22.8. The highest BCUT2D eigenvalue weighted by Gasteiger charge is 2.53. The second-order valence-electron chi connectivity index (χ2n) is 9.71. The van der Waals surface area contributed by atoms with E-state index in [1.165, 1.54) is 0 Å². The van der Waals surface area contributed by atoms with Crippen molar-refractivity contribution in [3.63, 3.8) is 0 Å². The number of hydrogen-bond donors (Lipinski definition) is 1. The molecule has 166 valence electrons. The van der Waals surface area contributed by atoms with E-state index in [0.717, 1.165) is 10.4 Å². The molecule has 0 unspecified atom stereocenters. The first-order valence-electron chi connectivity index (χ1n) is 10.7. The van der Waals surface area contributed by atoms with Gasteiger partial charge in [0.2, 0.25) is 0 Å². The molecular formula is C25H33NO4Si. The van der Waals surface area contributed by atoms with Gasteiger partial charge in [-0.1, -0.05) is 81.4 Å². The Morgan fingerprint density at radius 1 is 1.06 bits per heavy atom. The van der Waals surface area contributed by atoms with E-state index in [0.29, 0.717) is 0 Å². The molecule has 1 N–H and O–H groups in total. The number of rotatable bonds is 7. The van der Waals surface area contributed by atoms with Crippen molar-refractivity contribution in [1.82, 2.24) is 0 Å². The van der Waals surface area contributed by atoms with Crippen molar-refractivity contribution in [3.05, 3.63) is 60.7 Å². The SMILES string of the molecule is CC1(C)OC[C@@H]([C@](O)(CC#N)CO[Si](c2ccccc2)(c2ccccc2)C(C)(C)C)O1. The predicted molar refractivity (Wildman–Crippen MR) is 124 cm³/mol. The molecule has 31 heavy (non-hydrogen) atoms. The molecule has 0 aromatic heterocycles. The van der Waals surface area contributed by atoms with Gasteiger partial charge in [-0.25, -0.2) is 0 Å². The van der Waals surface area contributed by atoms with E-state index in [1.54, 1.807) is 0 Å². The number of hydrogen-bond acceptors (Lipinski definition) is 5. The molecular weight excluding hydrogens is 406 g/mol. The van der Waals surface area contributed by atoms with Gasteiger partial charge >= 0.3 is 0 Å². The van der Waals surface area contributed by atoms with Crippen LogP contribution in [-0.2, 0) is 13.9 Å². The van der Waals surface area contributed by atoms with Gasteiger partial charge in [-0.2, -0.15) is 5.26 Å². The van der Waals surface area contributed by atoms with E-state index in [1.807, 2.05) is 50.2 Å². The fraction of sp³-hybridized carbons (Fsp3) is 0.480. The van der Waals surface area contributed by atoms with Crippen LogP contribution in [-0.4, -0.2) is 44.1 Å². The van der Waals surface area contributed by atoms with Crippen LogP contribution in [0.3, 0.4) is 0 Å². The first kappa shape index (κ1) is 23.6. The van der Waals surface area contributed by atoms with Crippen molar-refractivity contribution in [1.29, 1.82) is 5.26 Å². The van der Waals surface area contributed by atoms with E-state index in [9.17, 15) is 10.4 Å². The molecule has 1 heterocycles. The van der Waals surface area contributed by atoms with Crippen molar-refractivity contribution in [3.8, 4) is 6.07 Å². The average Bonchev–Trinajstić information content (AvgIpc) is 3.10. The van der Waals surface area contributed by atoms with Gasteiger partial charge in [0, 0.05) is 0 Å². The highest BCUT2D eigenvalue weighted by atomic mass is 28.4. The Kier molecular flexibility index (Phi) is 6.75. The Hall–Kier alpha value is -2.01. The number of nitriles is 1. The molecule has 0 spiro atoms. The minimum absolute atomic E-state index is 0.0159. The lowest BCUT2D eigenvalue weighted by Crippen LogP contribution is -2.68. The van der Waals surface area contributed by atoms with Crippen LogP contribution in [0, 0.1) is 11.3 Å². The summed E-state index contributed by atoms with van der Waals surface area (Å²) in [6.07, 6.45) is -0.740. The lowest BCUT2D eigenvalue weighted by atomic mass is 9.95. The average molecular weight is 440 g/mol. The van der Waals surface area contributed by atoms with Crippen LogP contribution in [0.2, 0.25) is 5.04 Å².